The highest BCUT2D eigenvalue weighted by Gasteiger charge is 2.27. The van der Waals surface area contributed by atoms with Gasteiger partial charge in [-0.15, -0.1) is 0 Å². The Bertz CT molecular complexity index is 632. The highest BCUT2D eigenvalue weighted by atomic mass is 16.5. The summed E-state index contributed by atoms with van der Waals surface area (Å²) in [5.74, 6) is 0.921. The van der Waals surface area contributed by atoms with Crippen LogP contribution in [0.4, 0.5) is 0 Å². The Morgan fingerprint density at radius 2 is 2.17 bits per heavy atom. The van der Waals surface area contributed by atoms with Gasteiger partial charge < -0.3 is 9.26 Å². The molecular weight excluding hydrogens is 290 g/mol. The molecule has 3 atom stereocenters. The molecule has 0 saturated carbocycles. The third kappa shape index (κ3) is 3.66. The van der Waals surface area contributed by atoms with E-state index in [4.69, 9.17) is 9.26 Å². The lowest BCUT2D eigenvalue weighted by molar-refractivity contribution is -0.0150. The number of hydrogen-bond donors (Lipinski definition) is 0. The van der Waals surface area contributed by atoms with Crippen molar-refractivity contribution in [3.8, 4) is 0 Å². The number of aromatic nitrogens is 3. The minimum atomic E-state index is 0.268. The second-order valence-corrected chi connectivity index (χ2v) is 7.07. The molecular formula is C18H27N3O2. The quantitative estimate of drug-likeness (QED) is 0.828. The van der Waals surface area contributed by atoms with Crippen LogP contribution in [-0.2, 0) is 4.74 Å². The minimum Gasteiger partial charge on any atom is -0.378 e. The molecule has 2 aromatic heterocycles. The van der Waals surface area contributed by atoms with Crippen molar-refractivity contribution >= 4 is 0 Å². The Kier molecular flexibility index (Phi) is 4.85. The zero-order valence-electron chi connectivity index (χ0n) is 14.5. The summed E-state index contributed by atoms with van der Waals surface area (Å²) in [6, 6.07) is 0.442. The summed E-state index contributed by atoms with van der Waals surface area (Å²) in [7, 11) is 0. The molecule has 0 radical (unpaired) electrons. The number of nitrogens with zero attached hydrogens (tertiary/aromatic N) is 3. The van der Waals surface area contributed by atoms with Crippen LogP contribution < -0.4 is 0 Å². The largest absolute Gasteiger partial charge is 0.378 e. The van der Waals surface area contributed by atoms with E-state index < -0.39 is 0 Å². The first-order chi connectivity index (χ1) is 11.0. The minimum absolute atomic E-state index is 0.268. The second-order valence-electron chi connectivity index (χ2n) is 7.07. The molecule has 23 heavy (non-hydrogen) atoms. The molecule has 1 fully saturated rings. The van der Waals surface area contributed by atoms with Crippen molar-refractivity contribution in [1.29, 1.82) is 0 Å². The van der Waals surface area contributed by atoms with E-state index >= 15 is 0 Å². The van der Waals surface area contributed by atoms with Crippen LogP contribution in [-0.4, -0.2) is 27.6 Å². The van der Waals surface area contributed by atoms with Crippen molar-refractivity contribution in [1.82, 2.24) is 14.9 Å². The molecule has 5 nitrogen and oxygen atoms in total. The van der Waals surface area contributed by atoms with Gasteiger partial charge in [-0.05, 0) is 43.6 Å². The molecule has 0 bridgehead atoms. The molecule has 1 aliphatic rings. The fourth-order valence-corrected chi connectivity index (χ4v) is 3.41. The van der Waals surface area contributed by atoms with Gasteiger partial charge in [0, 0.05) is 18.4 Å². The van der Waals surface area contributed by atoms with Crippen molar-refractivity contribution in [2.24, 2.45) is 0 Å². The van der Waals surface area contributed by atoms with E-state index in [0.717, 1.165) is 31.6 Å². The van der Waals surface area contributed by atoms with Crippen LogP contribution in [0.2, 0.25) is 0 Å². The van der Waals surface area contributed by atoms with Crippen molar-refractivity contribution < 1.29 is 9.26 Å². The maximum absolute atomic E-state index is 6.00. The average molecular weight is 317 g/mol. The summed E-state index contributed by atoms with van der Waals surface area (Å²) in [5, 5.41) is 8.56. The Morgan fingerprint density at radius 1 is 1.35 bits per heavy atom. The first-order valence-corrected chi connectivity index (χ1v) is 8.61. The number of ether oxygens (including phenoxy) is 1. The molecule has 3 rings (SSSR count). The summed E-state index contributed by atoms with van der Waals surface area (Å²) in [4.78, 5) is 0. The van der Waals surface area contributed by atoms with Crippen LogP contribution >= 0.6 is 0 Å². The third-order valence-corrected chi connectivity index (χ3v) is 4.94. The highest BCUT2D eigenvalue weighted by Crippen LogP contribution is 2.32. The fraction of sp³-hybridized carbons (Fsp3) is 0.667. The van der Waals surface area contributed by atoms with E-state index in [0.29, 0.717) is 17.9 Å². The molecule has 0 N–H and O–H groups in total. The standard InChI is InChI=1S/C18H27N3O2/c1-12(2)15-9-19-21(10-15)16-5-6-22-17(8-16)7-13(3)18-11-23-20-14(18)4/h9-13,16-17H,5-8H2,1-4H3. The van der Waals surface area contributed by atoms with E-state index in [1.54, 1.807) is 6.26 Å². The lowest BCUT2D eigenvalue weighted by atomic mass is 9.91. The molecule has 0 amide bonds. The van der Waals surface area contributed by atoms with Gasteiger partial charge in [-0.2, -0.15) is 5.10 Å². The number of rotatable bonds is 5. The zero-order chi connectivity index (χ0) is 16.4. The summed E-state index contributed by atoms with van der Waals surface area (Å²) in [6.07, 6.45) is 9.29. The van der Waals surface area contributed by atoms with E-state index in [1.165, 1.54) is 11.1 Å². The Morgan fingerprint density at radius 3 is 2.83 bits per heavy atom. The number of aryl methyl sites for hydroxylation is 1. The summed E-state index contributed by atoms with van der Waals surface area (Å²) in [5.41, 5.74) is 3.48. The molecule has 3 heterocycles. The number of hydrogen-bond acceptors (Lipinski definition) is 4. The molecule has 0 aromatic carbocycles. The highest BCUT2D eigenvalue weighted by molar-refractivity contribution is 5.17. The third-order valence-electron chi connectivity index (χ3n) is 4.94. The smallest absolute Gasteiger partial charge is 0.127 e. The predicted molar refractivity (Wildman–Crippen MR) is 88.6 cm³/mol. The average Bonchev–Trinajstić information content (AvgIpc) is 3.16. The predicted octanol–water partition coefficient (Wildman–Crippen LogP) is 4.22. The lowest BCUT2D eigenvalue weighted by Gasteiger charge is -2.31. The Balaban J connectivity index is 1.62. The van der Waals surface area contributed by atoms with Crippen LogP contribution in [0, 0.1) is 6.92 Å². The van der Waals surface area contributed by atoms with Gasteiger partial charge in [0.2, 0.25) is 0 Å². The molecule has 3 unspecified atom stereocenters. The maximum atomic E-state index is 6.00. The molecule has 1 saturated heterocycles. The lowest BCUT2D eigenvalue weighted by Crippen LogP contribution is -2.29. The van der Waals surface area contributed by atoms with Crippen molar-refractivity contribution in [3.63, 3.8) is 0 Å². The first kappa shape index (κ1) is 16.2. The van der Waals surface area contributed by atoms with Crippen molar-refractivity contribution in [2.75, 3.05) is 6.61 Å². The van der Waals surface area contributed by atoms with Crippen LogP contribution in [0.5, 0.6) is 0 Å². The van der Waals surface area contributed by atoms with Gasteiger partial charge in [-0.25, -0.2) is 0 Å². The summed E-state index contributed by atoms with van der Waals surface area (Å²) >= 11 is 0. The summed E-state index contributed by atoms with van der Waals surface area (Å²) in [6.45, 7) is 9.43. The normalized spacial score (nSPS) is 23.3. The van der Waals surface area contributed by atoms with Crippen LogP contribution in [0.15, 0.2) is 23.2 Å². The van der Waals surface area contributed by atoms with Gasteiger partial charge in [-0.3, -0.25) is 4.68 Å². The Hall–Kier alpha value is -1.62. The Labute approximate surface area is 138 Å². The van der Waals surface area contributed by atoms with Crippen LogP contribution in [0.25, 0.3) is 0 Å². The van der Waals surface area contributed by atoms with Gasteiger partial charge >= 0.3 is 0 Å². The zero-order valence-corrected chi connectivity index (χ0v) is 14.5. The maximum Gasteiger partial charge on any atom is 0.127 e. The molecule has 0 spiro atoms. The SMILES string of the molecule is Cc1nocc1C(C)CC1CC(n2cc(C(C)C)cn2)CCO1. The van der Waals surface area contributed by atoms with E-state index in [1.807, 2.05) is 13.1 Å². The first-order valence-electron chi connectivity index (χ1n) is 8.61. The van der Waals surface area contributed by atoms with Gasteiger partial charge in [-0.1, -0.05) is 25.9 Å². The van der Waals surface area contributed by atoms with Gasteiger partial charge in [0.05, 0.1) is 24.0 Å². The molecule has 1 aliphatic heterocycles. The van der Waals surface area contributed by atoms with Gasteiger partial charge in [0.1, 0.15) is 6.26 Å². The van der Waals surface area contributed by atoms with E-state index in [-0.39, 0.29) is 6.10 Å². The topological polar surface area (TPSA) is 53.1 Å². The summed E-state index contributed by atoms with van der Waals surface area (Å²) < 4.78 is 13.2. The molecule has 0 aliphatic carbocycles. The second kappa shape index (κ2) is 6.87. The van der Waals surface area contributed by atoms with E-state index in [9.17, 15) is 0 Å². The molecule has 5 heteroatoms. The van der Waals surface area contributed by atoms with Crippen LogP contribution in [0.3, 0.4) is 0 Å². The van der Waals surface area contributed by atoms with Gasteiger partial charge in [0.15, 0.2) is 0 Å². The van der Waals surface area contributed by atoms with Crippen molar-refractivity contribution in [2.45, 2.75) is 70.9 Å². The fourth-order valence-electron chi connectivity index (χ4n) is 3.41. The van der Waals surface area contributed by atoms with E-state index in [2.05, 4.69) is 41.9 Å². The molecule has 126 valence electrons. The van der Waals surface area contributed by atoms with Crippen molar-refractivity contribution in [3.05, 3.63) is 35.5 Å². The van der Waals surface area contributed by atoms with Crippen LogP contribution in [0.1, 0.15) is 74.7 Å². The molecule has 2 aromatic rings. The van der Waals surface area contributed by atoms with Gasteiger partial charge in [0.25, 0.3) is 0 Å². The monoisotopic (exact) mass is 317 g/mol.